The third kappa shape index (κ3) is 2.90. The standard InChI is InChI=1S/C14H17ClN4/c15-11(13(17)8-4-2-1-3-5-8)10(14(18)19)12(16)9-6-7-9/h1-5,9H,6-7,16-17H2,(H3,18,19)/b12-10?,13-11+. The monoisotopic (exact) mass is 276 g/mol. The number of rotatable bonds is 4. The largest absolute Gasteiger partial charge is 0.401 e. The van der Waals surface area contributed by atoms with E-state index in [0.717, 1.165) is 18.4 Å². The van der Waals surface area contributed by atoms with E-state index in [1.165, 1.54) is 0 Å². The van der Waals surface area contributed by atoms with Crippen LogP contribution in [-0.2, 0) is 0 Å². The van der Waals surface area contributed by atoms with E-state index in [1.807, 2.05) is 30.3 Å². The first kappa shape index (κ1) is 13.5. The van der Waals surface area contributed by atoms with E-state index in [2.05, 4.69) is 0 Å². The zero-order valence-electron chi connectivity index (χ0n) is 10.5. The van der Waals surface area contributed by atoms with Gasteiger partial charge in [-0.1, -0.05) is 41.9 Å². The molecule has 1 aliphatic rings. The third-order valence-electron chi connectivity index (χ3n) is 3.12. The Morgan fingerprint density at radius 2 is 1.68 bits per heavy atom. The molecule has 0 unspecified atom stereocenters. The smallest absolute Gasteiger partial charge is 0.126 e. The topological polar surface area (TPSA) is 102 Å². The Labute approximate surface area is 117 Å². The number of hydrogen-bond donors (Lipinski definition) is 4. The number of halogens is 1. The molecule has 4 nitrogen and oxygen atoms in total. The lowest BCUT2D eigenvalue weighted by atomic mass is 10.0. The molecule has 1 aromatic rings. The fourth-order valence-electron chi connectivity index (χ4n) is 1.88. The second-order valence-electron chi connectivity index (χ2n) is 4.61. The van der Waals surface area contributed by atoms with Crippen molar-refractivity contribution in [3.8, 4) is 0 Å². The Kier molecular flexibility index (Phi) is 3.81. The van der Waals surface area contributed by atoms with Gasteiger partial charge >= 0.3 is 0 Å². The molecule has 0 amide bonds. The van der Waals surface area contributed by atoms with Crippen molar-refractivity contribution in [2.75, 3.05) is 0 Å². The molecule has 0 aromatic heterocycles. The Balaban J connectivity index is 2.48. The molecule has 1 saturated carbocycles. The van der Waals surface area contributed by atoms with Crippen molar-refractivity contribution >= 4 is 23.1 Å². The lowest BCUT2D eigenvalue weighted by molar-refractivity contribution is 0.968. The van der Waals surface area contributed by atoms with Crippen LogP contribution in [0.4, 0.5) is 0 Å². The summed E-state index contributed by atoms with van der Waals surface area (Å²) >= 11 is 6.29. The molecule has 100 valence electrons. The van der Waals surface area contributed by atoms with Crippen molar-refractivity contribution in [1.29, 1.82) is 5.41 Å². The summed E-state index contributed by atoms with van der Waals surface area (Å²) in [7, 11) is 0. The molecule has 0 heterocycles. The van der Waals surface area contributed by atoms with Gasteiger partial charge < -0.3 is 17.2 Å². The van der Waals surface area contributed by atoms with Crippen LogP contribution in [0.2, 0.25) is 0 Å². The predicted octanol–water partition coefficient (Wildman–Crippen LogP) is 2.11. The van der Waals surface area contributed by atoms with E-state index >= 15 is 0 Å². The van der Waals surface area contributed by atoms with Gasteiger partial charge in [0.15, 0.2) is 0 Å². The maximum atomic E-state index is 7.66. The lowest BCUT2D eigenvalue weighted by Gasteiger charge is -2.12. The Morgan fingerprint density at radius 3 is 2.16 bits per heavy atom. The summed E-state index contributed by atoms with van der Waals surface area (Å²) in [4.78, 5) is 0. The average molecular weight is 277 g/mol. The number of hydrogen-bond acceptors (Lipinski definition) is 3. The first-order valence-electron chi connectivity index (χ1n) is 6.07. The highest BCUT2D eigenvalue weighted by atomic mass is 35.5. The van der Waals surface area contributed by atoms with Crippen molar-refractivity contribution < 1.29 is 0 Å². The SMILES string of the molecule is N=C(N)C(=C(N)C1CC1)/C(Cl)=C(\N)c1ccccc1. The van der Waals surface area contributed by atoms with E-state index in [-0.39, 0.29) is 16.8 Å². The van der Waals surface area contributed by atoms with E-state index in [9.17, 15) is 0 Å². The highest BCUT2D eigenvalue weighted by Gasteiger charge is 2.29. The average Bonchev–Trinajstić information content (AvgIpc) is 3.22. The van der Waals surface area contributed by atoms with Crippen LogP contribution < -0.4 is 17.2 Å². The van der Waals surface area contributed by atoms with Crippen LogP contribution >= 0.6 is 11.6 Å². The van der Waals surface area contributed by atoms with Gasteiger partial charge in [-0.15, -0.1) is 0 Å². The van der Waals surface area contributed by atoms with E-state index in [4.69, 9.17) is 34.2 Å². The van der Waals surface area contributed by atoms with Crippen LogP contribution in [0.1, 0.15) is 18.4 Å². The second-order valence-corrected chi connectivity index (χ2v) is 4.99. The molecular formula is C14H17ClN4. The summed E-state index contributed by atoms with van der Waals surface area (Å²) in [5.74, 6) is 0.129. The molecule has 1 aromatic carbocycles. The minimum atomic E-state index is -0.145. The molecule has 0 radical (unpaired) electrons. The highest BCUT2D eigenvalue weighted by Crippen LogP contribution is 2.38. The van der Waals surface area contributed by atoms with Crippen molar-refractivity contribution in [2.45, 2.75) is 12.8 Å². The van der Waals surface area contributed by atoms with E-state index in [0.29, 0.717) is 17.0 Å². The number of benzene rings is 1. The zero-order chi connectivity index (χ0) is 14.0. The zero-order valence-corrected chi connectivity index (χ0v) is 11.2. The Bertz CT molecular complexity index is 556. The molecule has 7 N–H and O–H groups in total. The molecule has 0 aliphatic heterocycles. The fraction of sp³-hybridized carbons (Fsp3) is 0.214. The van der Waals surface area contributed by atoms with Crippen LogP contribution in [0.15, 0.2) is 46.6 Å². The number of amidine groups is 1. The van der Waals surface area contributed by atoms with Gasteiger partial charge in [0.2, 0.25) is 0 Å². The molecule has 1 aliphatic carbocycles. The van der Waals surface area contributed by atoms with Crippen molar-refractivity contribution in [3.63, 3.8) is 0 Å². The molecule has 0 spiro atoms. The van der Waals surface area contributed by atoms with Crippen molar-refractivity contribution in [2.24, 2.45) is 23.1 Å². The third-order valence-corrected chi connectivity index (χ3v) is 3.51. The van der Waals surface area contributed by atoms with Crippen molar-refractivity contribution in [1.82, 2.24) is 0 Å². The van der Waals surface area contributed by atoms with Crippen molar-refractivity contribution in [3.05, 3.63) is 52.2 Å². The summed E-state index contributed by atoms with van der Waals surface area (Å²) in [6, 6.07) is 9.33. The summed E-state index contributed by atoms with van der Waals surface area (Å²) in [6.45, 7) is 0. The van der Waals surface area contributed by atoms with Gasteiger partial charge in [-0.05, 0) is 24.3 Å². The van der Waals surface area contributed by atoms with Crippen LogP contribution in [0, 0.1) is 11.3 Å². The molecule has 0 saturated heterocycles. The lowest BCUT2D eigenvalue weighted by Crippen LogP contribution is -2.21. The van der Waals surface area contributed by atoms with Gasteiger partial charge in [-0.25, -0.2) is 0 Å². The molecule has 0 atom stereocenters. The molecular weight excluding hydrogens is 260 g/mol. The predicted molar refractivity (Wildman–Crippen MR) is 79.3 cm³/mol. The van der Waals surface area contributed by atoms with Crippen LogP contribution in [0.5, 0.6) is 0 Å². The minimum Gasteiger partial charge on any atom is -0.401 e. The van der Waals surface area contributed by atoms with Gasteiger partial charge in [0.05, 0.1) is 16.3 Å². The van der Waals surface area contributed by atoms with Gasteiger partial charge in [-0.2, -0.15) is 0 Å². The Hall–Kier alpha value is -1.94. The van der Waals surface area contributed by atoms with Gasteiger partial charge in [0, 0.05) is 5.70 Å². The van der Waals surface area contributed by atoms with E-state index in [1.54, 1.807) is 0 Å². The Morgan fingerprint density at radius 1 is 1.11 bits per heavy atom. The first-order valence-corrected chi connectivity index (χ1v) is 6.45. The van der Waals surface area contributed by atoms with Gasteiger partial charge in [0.25, 0.3) is 0 Å². The first-order chi connectivity index (χ1) is 9.02. The maximum absolute atomic E-state index is 7.66. The molecule has 0 bridgehead atoms. The summed E-state index contributed by atoms with van der Waals surface area (Å²) < 4.78 is 0. The van der Waals surface area contributed by atoms with Crippen LogP contribution in [0.25, 0.3) is 5.70 Å². The van der Waals surface area contributed by atoms with Gasteiger partial charge in [0.1, 0.15) is 5.84 Å². The quantitative estimate of drug-likeness (QED) is 0.385. The number of nitrogens with one attached hydrogen (secondary N) is 1. The molecule has 19 heavy (non-hydrogen) atoms. The number of allylic oxidation sites excluding steroid dienone is 1. The minimum absolute atomic E-state index is 0.145. The molecule has 1 fully saturated rings. The normalized spacial score (nSPS) is 17.5. The van der Waals surface area contributed by atoms with Crippen LogP contribution in [-0.4, -0.2) is 5.84 Å². The summed E-state index contributed by atoms with van der Waals surface area (Å²) in [5, 5.41) is 7.91. The molecule has 5 heteroatoms. The fourth-order valence-corrected chi connectivity index (χ4v) is 2.20. The highest BCUT2D eigenvalue weighted by molar-refractivity contribution is 6.38. The summed E-state index contributed by atoms with van der Waals surface area (Å²) in [6.07, 6.45) is 2.02. The van der Waals surface area contributed by atoms with Gasteiger partial charge in [-0.3, -0.25) is 5.41 Å². The molecule has 2 rings (SSSR count). The van der Waals surface area contributed by atoms with Crippen LogP contribution in [0.3, 0.4) is 0 Å². The summed E-state index contributed by atoms with van der Waals surface area (Å²) in [5.41, 5.74) is 19.8. The maximum Gasteiger partial charge on any atom is 0.126 e. The van der Waals surface area contributed by atoms with E-state index < -0.39 is 0 Å². The second kappa shape index (κ2) is 5.36. The number of nitrogens with two attached hydrogens (primary N) is 3.